The van der Waals surface area contributed by atoms with Crippen molar-refractivity contribution in [2.45, 2.75) is 38.5 Å². The van der Waals surface area contributed by atoms with E-state index < -0.39 is 15.0 Å². The molecule has 7 heteroatoms. The molecule has 0 bridgehead atoms. The third-order valence-electron chi connectivity index (χ3n) is 2.88. The lowest BCUT2D eigenvalue weighted by atomic mass is 10.1. The fraction of sp³-hybridized carbons (Fsp3) is 0.500. The van der Waals surface area contributed by atoms with Crippen LogP contribution in [0.15, 0.2) is 21.5 Å². The maximum absolute atomic E-state index is 12.0. The molecule has 0 spiro atoms. The Kier molecular flexibility index (Phi) is 6.69. The van der Waals surface area contributed by atoms with Gasteiger partial charge in [0.05, 0.1) is 17.1 Å². The van der Waals surface area contributed by atoms with Gasteiger partial charge in [0.1, 0.15) is 0 Å². The van der Waals surface area contributed by atoms with Gasteiger partial charge in [0.2, 0.25) is 0 Å². The van der Waals surface area contributed by atoms with Crippen LogP contribution in [0.1, 0.15) is 42.6 Å². The van der Waals surface area contributed by atoms with Gasteiger partial charge in [-0.05, 0) is 59.3 Å². The summed E-state index contributed by atoms with van der Waals surface area (Å²) in [4.78, 5) is 11.8. The van der Waals surface area contributed by atoms with Crippen molar-refractivity contribution in [2.24, 2.45) is 5.92 Å². The average Bonchev–Trinajstić information content (AvgIpc) is 2.35. The van der Waals surface area contributed by atoms with E-state index in [1.54, 1.807) is 13.0 Å². The number of carbonyl (C=O) groups excluding carboxylic acids is 1. The Morgan fingerprint density at radius 2 is 2.00 bits per heavy atom. The topological polar surface area (TPSA) is 60.4 Å². The Labute approximate surface area is 138 Å². The molecule has 0 aromatic heterocycles. The van der Waals surface area contributed by atoms with Gasteiger partial charge in [0.25, 0.3) is 9.05 Å². The van der Waals surface area contributed by atoms with Gasteiger partial charge in [0, 0.05) is 15.2 Å². The second kappa shape index (κ2) is 7.61. The highest BCUT2D eigenvalue weighted by atomic mass is 79.9. The molecule has 0 radical (unpaired) electrons. The van der Waals surface area contributed by atoms with Crippen molar-refractivity contribution in [3.8, 4) is 0 Å². The number of aryl methyl sites for hydroxylation is 1. The van der Waals surface area contributed by atoms with Crippen LogP contribution >= 0.6 is 26.6 Å². The Hall–Kier alpha value is -0.590. The summed E-state index contributed by atoms with van der Waals surface area (Å²) in [6, 6.07) is 2.80. The maximum atomic E-state index is 12.0. The quantitative estimate of drug-likeness (QED) is 0.408. The highest BCUT2D eigenvalue weighted by molar-refractivity contribution is 9.10. The lowest BCUT2D eigenvalue weighted by molar-refractivity contribution is 0.0494. The van der Waals surface area contributed by atoms with E-state index in [1.807, 2.05) is 0 Å². The van der Waals surface area contributed by atoms with Crippen LogP contribution < -0.4 is 0 Å². The maximum Gasteiger partial charge on any atom is 0.338 e. The van der Waals surface area contributed by atoms with Crippen LogP contribution in [-0.4, -0.2) is 21.0 Å². The standard InChI is InChI=1S/C14H18BrClO4S/c1-9(2)5-4-6-20-14(17)11-7-10(3)13(15)12(8-11)21(16,18)19/h7-9H,4-6H2,1-3H3. The van der Waals surface area contributed by atoms with Crippen molar-refractivity contribution in [3.05, 3.63) is 27.7 Å². The fourth-order valence-corrected chi connectivity index (χ4v) is 3.93. The van der Waals surface area contributed by atoms with Gasteiger partial charge in [-0.1, -0.05) is 13.8 Å². The minimum Gasteiger partial charge on any atom is -0.462 e. The summed E-state index contributed by atoms with van der Waals surface area (Å²) in [6.45, 7) is 6.19. The molecule has 0 aliphatic rings. The number of hydrogen-bond acceptors (Lipinski definition) is 4. The van der Waals surface area contributed by atoms with Gasteiger partial charge in [-0.15, -0.1) is 0 Å². The molecule has 0 aliphatic heterocycles. The normalized spacial score (nSPS) is 11.7. The van der Waals surface area contributed by atoms with Crippen molar-refractivity contribution in [2.75, 3.05) is 6.61 Å². The van der Waals surface area contributed by atoms with Gasteiger partial charge in [-0.3, -0.25) is 0 Å². The van der Waals surface area contributed by atoms with E-state index in [9.17, 15) is 13.2 Å². The van der Waals surface area contributed by atoms with E-state index in [-0.39, 0.29) is 10.5 Å². The molecule has 0 fully saturated rings. The smallest absolute Gasteiger partial charge is 0.338 e. The van der Waals surface area contributed by atoms with Crippen molar-refractivity contribution >= 4 is 41.6 Å². The van der Waals surface area contributed by atoms with Gasteiger partial charge >= 0.3 is 5.97 Å². The Morgan fingerprint density at radius 3 is 2.52 bits per heavy atom. The third kappa shape index (κ3) is 5.60. The summed E-state index contributed by atoms with van der Waals surface area (Å²) in [6.07, 6.45) is 1.74. The van der Waals surface area contributed by atoms with Crippen LogP contribution in [0.2, 0.25) is 0 Å². The second-order valence-electron chi connectivity index (χ2n) is 5.22. The molecule has 0 heterocycles. The summed E-state index contributed by atoms with van der Waals surface area (Å²) in [5.74, 6) is 0.00236. The number of esters is 1. The Morgan fingerprint density at radius 1 is 1.38 bits per heavy atom. The first-order valence-electron chi connectivity index (χ1n) is 6.55. The minimum atomic E-state index is -3.93. The lowest BCUT2D eigenvalue weighted by Crippen LogP contribution is -2.09. The van der Waals surface area contributed by atoms with E-state index >= 15 is 0 Å². The summed E-state index contributed by atoms with van der Waals surface area (Å²) in [5.41, 5.74) is 0.783. The van der Waals surface area contributed by atoms with E-state index in [0.717, 1.165) is 12.8 Å². The van der Waals surface area contributed by atoms with Crippen LogP contribution in [0.25, 0.3) is 0 Å². The molecule has 1 aromatic rings. The molecule has 0 aliphatic carbocycles. The summed E-state index contributed by atoms with van der Waals surface area (Å²) in [5, 5.41) is 0. The molecular weight excluding hydrogens is 380 g/mol. The molecule has 0 saturated carbocycles. The predicted molar refractivity (Wildman–Crippen MR) is 86.3 cm³/mol. The van der Waals surface area contributed by atoms with Crippen molar-refractivity contribution < 1.29 is 17.9 Å². The third-order valence-corrected chi connectivity index (χ3v) is 5.54. The molecule has 0 saturated heterocycles. The van der Waals surface area contributed by atoms with Crippen LogP contribution in [0.4, 0.5) is 0 Å². The first kappa shape index (κ1) is 18.5. The fourth-order valence-electron chi connectivity index (χ4n) is 1.77. The van der Waals surface area contributed by atoms with Gasteiger partial charge < -0.3 is 4.74 Å². The van der Waals surface area contributed by atoms with Crippen molar-refractivity contribution in [3.63, 3.8) is 0 Å². The summed E-state index contributed by atoms with van der Waals surface area (Å²) < 4.78 is 28.5. The summed E-state index contributed by atoms with van der Waals surface area (Å²) in [7, 11) is 1.43. The molecule has 0 atom stereocenters. The van der Waals surface area contributed by atoms with Crippen molar-refractivity contribution in [1.82, 2.24) is 0 Å². The zero-order valence-corrected chi connectivity index (χ0v) is 15.3. The number of benzene rings is 1. The number of carbonyl (C=O) groups is 1. The number of rotatable bonds is 6. The lowest BCUT2D eigenvalue weighted by Gasteiger charge is -2.10. The number of hydrogen-bond donors (Lipinski definition) is 0. The predicted octanol–water partition coefficient (Wildman–Crippen LogP) is 4.28. The second-order valence-corrected chi connectivity index (χ2v) is 8.54. The van der Waals surface area contributed by atoms with Gasteiger partial charge in [-0.25, -0.2) is 13.2 Å². The molecule has 4 nitrogen and oxygen atoms in total. The largest absolute Gasteiger partial charge is 0.462 e. The highest BCUT2D eigenvalue weighted by Gasteiger charge is 2.20. The highest BCUT2D eigenvalue weighted by Crippen LogP contribution is 2.29. The molecule has 1 aromatic carbocycles. The zero-order valence-electron chi connectivity index (χ0n) is 12.2. The average molecular weight is 398 g/mol. The van der Waals surface area contributed by atoms with E-state index in [2.05, 4.69) is 29.8 Å². The first-order valence-corrected chi connectivity index (χ1v) is 9.65. The number of halogens is 2. The van der Waals surface area contributed by atoms with Crippen LogP contribution in [0.5, 0.6) is 0 Å². The molecule has 1 rings (SSSR count). The Bertz CT molecular complexity index is 626. The van der Waals surface area contributed by atoms with Crippen LogP contribution in [-0.2, 0) is 13.8 Å². The zero-order chi connectivity index (χ0) is 16.2. The molecule has 0 amide bonds. The summed E-state index contributed by atoms with van der Waals surface area (Å²) >= 11 is 3.16. The minimum absolute atomic E-state index is 0.127. The molecule has 0 unspecified atom stereocenters. The van der Waals surface area contributed by atoms with E-state index in [4.69, 9.17) is 15.4 Å². The Balaban J connectivity index is 2.89. The first-order chi connectivity index (χ1) is 9.62. The van der Waals surface area contributed by atoms with Gasteiger partial charge in [-0.2, -0.15) is 0 Å². The number of ether oxygens (including phenoxy) is 1. The van der Waals surface area contributed by atoms with E-state index in [0.29, 0.717) is 22.6 Å². The van der Waals surface area contributed by atoms with E-state index in [1.165, 1.54) is 6.07 Å². The SMILES string of the molecule is Cc1cc(C(=O)OCCCC(C)C)cc(S(=O)(=O)Cl)c1Br. The monoisotopic (exact) mass is 396 g/mol. The molecule has 21 heavy (non-hydrogen) atoms. The molecule has 0 N–H and O–H groups in total. The van der Waals surface area contributed by atoms with Crippen molar-refractivity contribution in [1.29, 1.82) is 0 Å². The van der Waals surface area contributed by atoms with Gasteiger partial charge in [0.15, 0.2) is 0 Å². The molecule has 118 valence electrons. The van der Waals surface area contributed by atoms with Crippen LogP contribution in [0, 0.1) is 12.8 Å². The van der Waals surface area contributed by atoms with Crippen LogP contribution in [0.3, 0.4) is 0 Å². The molecular formula is C14H18BrClO4S.